The molecule has 1 aromatic heterocycles. The smallest absolute Gasteiger partial charge is 0.342 e. The lowest BCUT2D eigenvalue weighted by molar-refractivity contribution is -0.178. The molecule has 0 saturated carbocycles. The molecule has 0 radical (unpaired) electrons. The van der Waals surface area contributed by atoms with Crippen LogP contribution in [0.15, 0.2) is 66.1 Å². The molecule has 0 spiro atoms. The Bertz CT molecular complexity index is 1600. The zero-order chi connectivity index (χ0) is 32.4. The average Bonchev–Trinajstić information content (AvgIpc) is 2.98. The molecule has 0 atom stereocenters. The van der Waals surface area contributed by atoms with E-state index < -0.39 is 5.97 Å². The number of pyridine rings is 1. The van der Waals surface area contributed by atoms with Gasteiger partial charge in [-0.15, -0.1) is 0 Å². The van der Waals surface area contributed by atoms with Crippen molar-refractivity contribution in [1.82, 2.24) is 9.88 Å². The maximum Gasteiger partial charge on any atom is 0.342 e. The first-order valence-corrected chi connectivity index (χ1v) is 15.4. The van der Waals surface area contributed by atoms with Gasteiger partial charge in [-0.25, -0.2) is 9.78 Å². The van der Waals surface area contributed by atoms with Crippen molar-refractivity contribution >= 4 is 18.0 Å². The van der Waals surface area contributed by atoms with E-state index in [4.69, 9.17) is 24.6 Å². The predicted molar refractivity (Wildman–Crippen MR) is 176 cm³/mol. The van der Waals surface area contributed by atoms with E-state index in [1.807, 2.05) is 37.3 Å². The number of carbonyl (C=O) groups is 1. The summed E-state index contributed by atoms with van der Waals surface area (Å²) in [7, 11) is 1.34. The van der Waals surface area contributed by atoms with Gasteiger partial charge >= 0.3 is 5.97 Å². The molecule has 9 nitrogen and oxygen atoms in total. The van der Waals surface area contributed by atoms with Gasteiger partial charge in [-0.05, 0) is 94.3 Å². The number of hydrogen-bond acceptors (Lipinski definition) is 8. The van der Waals surface area contributed by atoms with E-state index in [-0.39, 0.29) is 22.7 Å². The lowest BCUT2D eigenvalue weighted by Crippen LogP contribution is -2.53. The summed E-state index contributed by atoms with van der Waals surface area (Å²) < 4.78 is 18.0. The highest BCUT2D eigenvalue weighted by molar-refractivity contribution is 6.08. The summed E-state index contributed by atoms with van der Waals surface area (Å²) in [6, 6.07) is 18.6. The minimum absolute atomic E-state index is 0.0705. The molecular weight excluding hydrogens is 568 g/mol. The van der Waals surface area contributed by atoms with Crippen LogP contribution in [0.1, 0.15) is 62.8 Å². The number of carboxylic acid groups (broad SMARTS) is 1. The second kappa shape index (κ2) is 13.0. The van der Waals surface area contributed by atoms with Crippen LogP contribution in [0.2, 0.25) is 0 Å². The fourth-order valence-electron chi connectivity index (χ4n) is 6.75. The number of anilines is 1. The normalized spacial score (nSPS) is 18.4. The number of nitrogens with zero attached hydrogens (tertiary/aromatic N) is 2. The Morgan fingerprint density at radius 1 is 1.11 bits per heavy atom. The van der Waals surface area contributed by atoms with Gasteiger partial charge in [0, 0.05) is 30.9 Å². The van der Waals surface area contributed by atoms with Crippen LogP contribution in [0.3, 0.4) is 0 Å². The number of rotatable bonds is 10. The Labute approximate surface area is 265 Å². The quantitative estimate of drug-likeness (QED) is 0.131. The molecule has 1 saturated heterocycles. The van der Waals surface area contributed by atoms with Gasteiger partial charge in [0.2, 0.25) is 5.88 Å². The van der Waals surface area contributed by atoms with Crippen LogP contribution in [0.4, 0.5) is 5.82 Å². The highest BCUT2D eigenvalue weighted by Gasteiger charge is 2.41. The van der Waals surface area contributed by atoms with Crippen molar-refractivity contribution in [3.63, 3.8) is 0 Å². The fourth-order valence-corrected chi connectivity index (χ4v) is 6.75. The molecule has 0 aliphatic carbocycles. The van der Waals surface area contributed by atoms with Crippen LogP contribution in [-0.4, -0.2) is 58.1 Å². The van der Waals surface area contributed by atoms with Gasteiger partial charge in [-0.1, -0.05) is 36.4 Å². The number of benzene rings is 2. The molecule has 238 valence electrons. The molecule has 1 fully saturated rings. The van der Waals surface area contributed by atoms with Gasteiger partial charge in [-0.2, -0.15) is 0 Å². The number of para-hydroxylation sites is 1. The third-order valence-electron chi connectivity index (χ3n) is 8.52. The van der Waals surface area contributed by atoms with Gasteiger partial charge in [0.05, 0.1) is 24.0 Å². The minimum Gasteiger partial charge on any atom is -0.488 e. The Balaban J connectivity index is 1.31. The number of fused-ring (bicyclic) bond motifs is 1. The minimum atomic E-state index is -1.27. The van der Waals surface area contributed by atoms with E-state index in [0.29, 0.717) is 24.2 Å². The first kappa shape index (κ1) is 32.2. The molecule has 45 heavy (non-hydrogen) atoms. The molecule has 2 aliphatic rings. The van der Waals surface area contributed by atoms with Gasteiger partial charge < -0.3 is 30.0 Å². The Morgan fingerprint density at radius 3 is 2.53 bits per heavy atom. The monoisotopic (exact) mass is 612 g/mol. The van der Waals surface area contributed by atoms with Crippen LogP contribution in [0.25, 0.3) is 11.3 Å². The van der Waals surface area contributed by atoms with Crippen LogP contribution < -0.4 is 10.1 Å². The first-order valence-electron chi connectivity index (χ1n) is 15.4. The number of carboxylic acids is 1. The van der Waals surface area contributed by atoms with Crippen LogP contribution >= 0.6 is 0 Å². The van der Waals surface area contributed by atoms with Gasteiger partial charge in [0.1, 0.15) is 23.7 Å². The maximum atomic E-state index is 11.5. The van der Waals surface area contributed by atoms with Gasteiger partial charge in [-0.3, -0.25) is 4.90 Å². The van der Waals surface area contributed by atoms with Crippen molar-refractivity contribution in [1.29, 1.82) is 5.41 Å². The van der Waals surface area contributed by atoms with E-state index in [0.717, 1.165) is 61.0 Å². The zero-order valence-electron chi connectivity index (χ0n) is 27.1. The lowest BCUT2D eigenvalue weighted by atomic mass is 9.83. The van der Waals surface area contributed by atoms with E-state index in [2.05, 4.69) is 56.1 Å². The van der Waals surface area contributed by atoms with Crippen molar-refractivity contribution in [3.8, 4) is 17.0 Å². The Kier molecular flexibility index (Phi) is 9.32. The van der Waals surface area contributed by atoms with E-state index in [1.165, 1.54) is 18.2 Å². The van der Waals surface area contributed by atoms with E-state index in [1.54, 1.807) is 6.07 Å². The van der Waals surface area contributed by atoms with Crippen molar-refractivity contribution in [2.24, 2.45) is 0 Å². The molecule has 2 aliphatic heterocycles. The van der Waals surface area contributed by atoms with Gasteiger partial charge in [0.15, 0.2) is 0 Å². The summed E-state index contributed by atoms with van der Waals surface area (Å²) >= 11 is 0. The molecule has 9 heteroatoms. The lowest BCUT2D eigenvalue weighted by Gasteiger charge is -2.49. The third-order valence-corrected chi connectivity index (χ3v) is 8.52. The molecule has 5 rings (SSSR count). The van der Waals surface area contributed by atoms with E-state index >= 15 is 0 Å². The third kappa shape index (κ3) is 7.54. The van der Waals surface area contributed by atoms with Gasteiger partial charge in [0.25, 0.3) is 0 Å². The summed E-state index contributed by atoms with van der Waals surface area (Å²) in [5.74, 6) is -0.219. The van der Waals surface area contributed by atoms with Crippen molar-refractivity contribution in [3.05, 3.63) is 88.3 Å². The Hall–Kier alpha value is -4.21. The first-order chi connectivity index (χ1) is 21.4. The standard InChI is InChI=1S/C36H44N4O5/c1-23-9-7-10-28(30-11-8-12-31(38-30)39-33(43-6)29(20-37)34(41)42)32(23)44-22-24-13-14-26-21-40(16-15-25(26)17-24)27-18-35(2,3)45-36(4,5)19-27/h7-14,17,20,27,37H,15-16,18-19,21-22H2,1-6H3,(H,38,39)(H,41,42)/b33-29-,37-20?. The summed E-state index contributed by atoms with van der Waals surface area (Å²) in [5.41, 5.74) is 5.81. The van der Waals surface area contributed by atoms with E-state index in [9.17, 15) is 9.90 Å². The van der Waals surface area contributed by atoms with Crippen LogP contribution in [0, 0.1) is 12.3 Å². The largest absolute Gasteiger partial charge is 0.488 e. The second-order valence-electron chi connectivity index (χ2n) is 13.2. The Morgan fingerprint density at radius 2 is 1.84 bits per heavy atom. The highest BCUT2D eigenvalue weighted by atomic mass is 16.5. The van der Waals surface area contributed by atoms with Crippen LogP contribution in [-0.2, 0) is 33.8 Å². The van der Waals surface area contributed by atoms with Crippen LogP contribution in [0.5, 0.6) is 5.75 Å². The topological polar surface area (TPSA) is 117 Å². The van der Waals surface area contributed by atoms with Crippen molar-refractivity contribution in [2.75, 3.05) is 19.0 Å². The molecule has 3 aromatic rings. The molecule has 3 N–H and O–H groups in total. The summed E-state index contributed by atoms with van der Waals surface area (Å²) in [6.07, 6.45) is 3.83. The number of hydrogen-bond donors (Lipinski definition) is 3. The average molecular weight is 613 g/mol. The SMILES string of the molecule is CO/C(Nc1cccc(-c2cccc(C)c2OCc2ccc3c(c2)CCN(C2CC(C)(C)OC(C)(C)C2)C3)n1)=C(/C=N)C(=O)O. The molecule has 0 amide bonds. The fraction of sp³-hybridized carbons (Fsp3) is 0.417. The molecule has 2 aromatic carbocycles. The molecule has 0 unspecified atom stereocenters. The highest BCUT2D eigenvalue weighted by Crippen LogP contribution is 2.39. The zero-order valence-corrected chi connectivity index (χ0v) is 27.1. The number of aromatic nitrogens is 1. The number of aryl methyl sites for hydroxylation is 1. The summed E-state index contributed by atoms with van der Waals surface area (Å²) in [5, 5.41) is 19.7. The molecular formula is C36H44N4O5. The molecule has 3 heterocycles. The number of methoxy groups -OCH3 is 1. The number of nitrogens with one attached hydrogen (secondary N) is 2. The second-order valence-corrected chi connectivity index (χ2v) is 13.2. The summed E-state index contributed by atoms with van der Waals surface area (Å²) in [6.45, 7) is 13.3. The number of ether oxygens (including phenoxy) is 3. The predicted octanol–water partition coefficient (Wildman–Crippen LogP) is 6.73. The molecule has 0 bridgehead atoms. The maximum absolute atomic E-state index is 11.5. The van der Waals surface area contributed by atoms with Crippen molar-refractivity contribution in [2.45, 2.75) is 84.3 Å². The van der Waals surface area contributed by atoms with Crippen molar-refractivity contribution < 1.29 is 24.1 Å². The number of aliphatic carboxylic acids is 1. The summed E-state index contributed by atoms with van der Waals surface area (Å²) in [4.78, 5) is 18.8.